The van der Waals surface area contributed by atoms with Gasteiger partial charge in [0.05, 0.1) is 17.7 Å². The third-order valence-electron chi connectivity index (χ3n) is 5.87. The molecule has 0 aromatic heterocycles. The predicted molar refractivity (Wildman–Crippen MR) is 108 cm³/mol. The number of fused-ring (bicyclic) bond motifs is 3. The highest BCUT2D eigenvalue weighted by Crippen LogP contribution is 2.45. The first kappa shape index (κ1) is 19.2. The number of benzene rings is 2. The summed E-state index contributed by atoms with van der Waals surface area (Å²) >= 11 is 0. The summed E-state index contributed by atoms with van der Waals surface area (Å²) in [4.78, 5) is 0.247. The summed E-state index contributed by atoms with van der Waals surface area (Å²) in [5.74, 6) is 0.564. The molecule has 2 atom stereocenters. The van der Waals surface area contributed by atoms with Gasteiger partial charge in [0, 0.05) is 24.2 Å². The zero-order chi connectivity index (χ0) is 19.9. The van der Waals surface area contributed by atoms with E-state index in [0.717, 1.165) is 18.5 Å². The average Bonchev–Trinajstić information content (AvgIpc) is 2.82. The van der Waals surface area contributed by atoms with Crippen LogP contribution in [0.2, 0.25) is 0 Å². The van der Waals surface area contributed by atoms with E-state index in [1.165, 1.54) is 4.31 Å². The molecule has 0 spiro atoms. The maximum Gasteiger partial charge on any atom is 0.264 e. The minimum atomic E-state index is -3.77. The molecule has 2 aromatic rings. The molecule has 7 heteroatoms. The van der Waals surface area contributed by atoms with Crippen LogP contribution in [-0.4, -0.2) is 39.8 Å². The van der Waals surface area contributed by atoms with Crippen molar-refractivity contribution in [3.05, 3.63) is 53.6 Å². The van der Waals surface area contributed by atoms with Crippen LogP contribution in [0.15, 0.2) is 47.4 Å². The molecular formula is C21H26N2O4S. The van der Waals surface area contributed by atoms with Crippen LogP contribution in [0.4, 0.5) is 5.69 Å². The lowest BCUT2D eigenvalue weighted by atomic mass is 9.79. The van der Waals surface area contributed by atoms with Gasteiger partial charge in [-0.2, -0.15) is 0 Å². The summed E-state index contributed by atoms with van der Waals surface area (Å²) in [5, 5.41) is 14.9. The van der Waals surface area contributed by atoms with E-state index in [2.05, 4.69) is 5.32 Å². The molecule has 0 amide bonds. The molecule has 2 aliphatic rings. The van der Waals surface area contributed by atoms with E-state index < -0.39 is 15.6 Å². The van der Waals surface area contributed by atoms with Crippen LogP contribution in [0, 0.1) is 6.92 Å². The lowest BCUT2D eigenvalue weighted by Crippen LogP contribution is -2.52. The highest BCUT2D eigenvalue weighted by molar-refractivity contribution is 7.92. The van der Waals surface area contributed by atoms with Gasteiger partial charge in [-0.25, -0.2) is 8.42 Å². The normalized spacial score (nSPS) is 24.8. The van der Waals surface area contributed by atoms with E-state index in [1.807, 2.05) is 6.92 Å². The standard InChI is InChI=1S/C21H26N2O4S/c1-15-4-7-17(8-5-15)28(25,26)23-13-10-20-21(24,11-3-12-22-20)18-9-6-16(27-2)14-19(18)23/h4-9,14,20,22,24H,3,10-13H2,1-2H3. The lowest BCUT2D eigenvalue weighted by Gasteiger charge is -2.40. The average molecular weight is 403 g/mol. The number of hydrogen-bond donors (Lipinski definition) is 2. The first-order valence-corrected chi connectivity index (χ1v) is 11.0. The number of aliphatic hydroxyl groups is 1. The molecule has 2 N–H and O–H groups in total. The SMILES string of the molecule is COc1ccc2c(c1)N(S(=O)(=O)c1ccc(C)cc1)CCC1NCCCC21O. The Morgan fingerprint density at radius 3 is 2.68 bits per heavy atom. The van der Waals surface area contributed by atoms with Gasteiger partial charge in [-0.3, -0.25) is 4.31 Å². The number of anilines is 1. The van der Waals surface area contributed by atoms with E-state index >= 15 is 0 Å². The zero-order valence-corrected chi connectivity index (χ0v) is 17.0. The summed E-state index contributed by atoms with van der Waals surface area (Å²) in [5.41, 5.74) is 1.03. The van der Waals surface area contributed by atoms with Gasteiger partial charge in [0.15, 0.2) is 0 Å². The molecule has 0 saturated carbocycles. The van der Waals surface area contributed by atoms with E-state index in [0.29, 0.717) is 29.8 Å². The van der Waals surface area contributed by atoms with Crippen molar-refractivity contribution in [3.63, 3.8) is 0 Å². The Labute approximate surface area is 166 Å². The van der Waals surface area contributed by atoms with Gasteiger partial charge in [0.25, 0.3) is 10.0 Å². The van der Waals surface area contributed by atoms with Gasteiger partial charge in [0.1, 0.15) is 11.4 Å². The Hall–Kier alpha value is -2.09. The number of nitrogens with one attached hydrogen (secondary N) is 1. The van der Waals surface area contributed by atoms with Crippen LogP contribution in [0.1, 0.15) is 30.4 Å². The zero-order valence-electron chi connectivity index (χ0n) is 16.2. The van der Waals surface area contributed by atoms with Crippen molar-refractivity contribution >= 4 is 15.7 Å². The van der Waals surface area contributed by atoms with Gasteiger partial charge in [0.2, 0.25) is 0 Å². The topological polar surface area (TPSA) is 78.9 Å². The van der Waals surface area contributed by atoms with E-state index in [9.17, 15) is 13.5 Å². The maximum atomic E-state index is 13.5. The molecule has 1 saturated heterocycles. The number of methoxy groups -OCH3 is 1. The third-order valence-corrected chi connectivity index (χ3v) is 7.70. The van der Waals surface area contributed by atoms with Crippen LogP contribution in [-0.2, 0) is 15.6 Å². The van der Waals surface area contributed by atoms with Crippen LogP contribution < -0.4 is 14.4 Å². The molecule has 1 fully saturated rings. The van der Waals surface area contributed by atoms with Gasteiger partial charge in [-0.05, 0) is 50.9 Å². The summed E-state index contributed by atoms with van der Waals surface area (Å²) in [7, 11) is -2.22. The lowest BCUT2D eigenvalue weighted by molar-refractivity contribution is -0.0282. The Morgan fingerprint density at radius 1 is 1.21 bits per heavy atom. The van der Waals surface area contributed by atoms with E-state index in [1.54, 1.807) is 49.6 Å². The molecule has 2 aliphatic heterocycles. The first-order valence-electron chi connectivity index (χ1n) is 9.60. The summed E-state index contributed by atoms with van der Waals surface area (Å²) in [6.45, 7) is 3.04. The second-order valence-electron chi connectivity index (χ2n) is 7.60. The number of ether oxygens (including phenoxy) is 1. The van der Waals surface area contributed by atoms with E-state index in [4.69, 9.17) is 4.74 Å². The number of rotatable bonds is 3. The van der Waals surface area contributed by atoms with Crippen molar-refractivity contribution in [3.8, 4) is 5.75 Å². The Morgan fingerprint density at radius 2 is 1.96 bits per heavy atom. The largest absolute Gasteiger partial charge is 0.497 e. The predicted octanol–water partition coefficient (Wildman–Crippen LogP) is 2.54. The van der Waals surface area contributed by atoms with Gasteiger partial charge in [-0.15, -0.1) is 0 Å². The van der Waals surface area contributed by atoms with Crippen LogP contribution in [0.3, 0.4) is 0 Å². The summed E-state index contributed by atoms with van der Waals surface area (Å²) in [6.07, 6.45) is 1.96. The van der Waals surface area contributed by atoms with Gasteiger partial charge in [-0.1, -0.05) is 23.8 Å². The third kappa shape index (κ3) is 3.07. The van der Waals surface area contributed by atoms with Gasteiger partial charge < -0.3 is 15.2 Å². The minimum absolute atomic E-state index is 0.188. The fourth-order valence-electron chi connectivity index (χ4n) is 4.31. The van der Waals surface area contributed by atoms with Crippen molar-refractivity contribution in [1.82, 2.24) is 5.32 Å². The molecule has 0 radical (unpaired) electrons. The molecule has 0 aliphatic carbocycles. The van der Waals surface area contributed by atoms with Crippen molar-refractivity contribution in [2.24, 2.45) is 0 Å². The Kier molecular flexibility index (Phi) is 4.85. The van der Waals surface area contributed by atoms with Crippen LogP contribution >= 0.6 is 0 Å². The van der Waals surface area contributed by atoms with E-state index in [-0.39, 0.29) is 17.5 Å². The fourth-order valence-corrected chi connectivity index (χ4v) is 5.80. The molecule has 28 heavy (non-hydrogen) atoms. The smallest absolute Gasteiger partial charge is 0.264 e. The molecule has 2 heterocycles. The monoisotopic (exact) mass is 402 g/mol. The second kappa shape index (κ2) is 7.06. The molecular weight excluding hydrogens is 376 g/mol. The molecule has 2 unspecified atom stereocenters. The Bertz CT molecular complexity index is 974. The second-order valence-corrected chi connectivity index (χ2v) is 9.46. The van der Waals surface area contributed by atoms with Crippen molar-refractivity contribution < 1.29 is 18.3 Å². The number of nitrogens with zero attached hydrogens (tertiary/aromatic N) is 1. The van der Waals surface area contributed by atoms with Crippen molar-refractivity contribution in [2.45, 2.75) is 42.7 Å². The molecule has 150 valence electrons. The summed E-state index contributed by atoms with van der Waals surface area (Å²) in [6, 6.07) is 12.0. The van der Waals surface area contributed by atoms with Crippen molar-refractivity contribution in [2.75, 3.05) is 24.5 Å². The molecule has 6 nitrogen and oxygen atoms in total. The quantitative estimate of drug-likeness (QED) is 0.825. The molecule has 2 aromatic carbocycles. The molecule has 4 rings (SSSR count). The van der Waals surface area contributed by atoms with Crippen LogP contribution in [0.25, 0.3) is 0 Å². The number of sulfonamides is 1. The van der Waals surface area contributed by atoms with Crippen LogP contribution in [0.5, 0.6) is 5.75 Å². The Balaban J connectivity index is 1.89. The number of piperidine rings is 1. The number of aryl methyl sites for hydroxylation is 1. The summed E-state index contributed by atoms with van der Waals surface area (Å²) < 4.78 is 33.8. The minimum Gasteiger partial charge on any atom is -0.497 e. The first-order chi connectivity index (χ1) is 13.4. The number of hydrogen-bond acceptors (Lipinski definition) is 5. The fraction of sp³-hybridized carbons (Fsp3) is 0.429. The molecule has 0 bridgehead atoms. The highest BCUT2D eigenvalue weighted by atomic mass is 32.2. The van der Waals surface area contributed by atoms with Gasteiger partial charge >= 0.3 is 0 Å². The van der Waals surface area contributed by atoms with Crippen molar-refractivity contribution in [1.29, 1.82) is 0 Å². The highest BCUT2D eigenvalue weighted by Gasteiger charge is 2.46. The maximum absolute atomic E-state index is 13.5.